The smallest absolute Gasteiger partial charge is 0.409 e. The van der Waals surface area contributed by atoms with Crippen LogP contribution in [0.25, 0.3) is 0 Å². The summed E-state index contributed by atoms with van der Waals surface area (Å²) in [6, 6.07) is 16.3. The fourth-order valence-corrected chi connectivity index (χ4v) is 3.24. The van der Waals surface area contributed by atoms with Gasteiger partial charge in [-0.25, -0.2) is 4.79 Å². The molecule has 2 amide bonds. The molecule has 1 aliphatic rings. The highest BCUT2D eigenvalue weighted by Gasteiger charge is 2.53. The quantitative estimate of drug-likeness (QED) is 0.859. The van der Waals surface area contributed by atoms with Crippen molar-refractivity contribution in [2.45, 2.75) is 38.5 Å². The third-order valence-electron chi connectivity index (χ3n) is 4.52. The van der Waals surface area contributed by atoms with Crippen LogP contribution >= 0.6 is 0 Å². The lowest BCUT2D eigenvalue weighted by molar-refractivity contribution is -0.122. The number of para-hydroxylation sites is 1. The van der Waals surface area contributed by atoms with Crippen LogP contribution in [0.2, 0.25) is 0 Å². The predicted octanol–water partition coefficient (Wildman–Crippen LogP) is 3.49. The Balaban J connectivity index is 1.96. The van der Waals surface area contributed by atoms with E-state index in [0.29, 0.717) is 17.0 Å². The van der Waals surface area contributed by atoms with E-state index in [1.807, 2.05) is 18.2 Å². The van der Waals surface area contributed by atoms with Gasteiger partial charge in [-0.1, -0.05) is 30.3 Å². The molecule has 1 N–H and O–H groups in total. The first kappa shape index (κ1) is 20.2. The van der Waals surface area contributed by atoms with Gasteiger partial charge < -0.3 is 14.4 Å². The zero-order valence-corrected chi connectivity index (χ0v) is 16.9. The van der Waals surface area contributed by atoms with E-state index in [-0.39, 0.29) is 6.54 Å². The van der Waals surface area contributed by atoms with Gasteiger partial charge in [-0.05, 0) is 44.5 Å². The second-order valence-electron chi connectivity index (χ2n) is 7.75. The number of alkyl carbamates (subject to hydrolysis) is 1. The normalized spacial score (nSPS) is 18.0. The Morgan fingerprint density at radius 2 is 1.83 bits per heavy atom. The predicted molar refractivity (Wildman–Crippen MR) is 107 cm³/mol. The maximum atomic E-state index is 13.4. The van der Waals surface area contributed by atoms with E-state index in [9.17, 15) is 14.9 Å². The van der Waals surface area contributed by atoms with Crippen LogP contribution in [0, 0.1) is 11.3 Å². The Hall–Kier alpha value is -3.53. The molecule has 2 aromatic rings. The minimum Gasteiger partial charge on any atom is -0.497 e. The van der Waals surface area contributed by atoms with Crippen molar-refractivity contribution in [2.24, 2.45) is 0 Å². The minimum atomic E-state index is -1.84. The molecule has 1 aliphatic heterocycles. The number of ether oxygens (including phenoxy) is 2. The molecule has 29 heavy (non-hydrogen) atoms. The summed E-state index contributed by atoms with van der Waals surface area (Å²) in [5.74, 6) is 0.183. The van der Waals surface area contributed by atoms with Gasteiger partial charge in [0.15, 0.2) is 0 Å². The fraction of sp³-hybridized carbons (Fsp3) is 0.318. The Kier molecular flexibility index (Phi) is 5.21. The maximum Gasteiger partial charge on any atom is 0.409 e. The number of nitrogens with zero attached hydrogens (tertiary/aromatic N) is 2. The monoisotopic (exact) mass is 393 g/mol. The molecular weight excluding hydrogens is 370 g/mol. The highest BCUT2D eigenvalue weighted by molar-refractivity contribution is 6.11. The molecule has 0 aromatic heterocycles. The summed E-state index contributed by atoms with van der Waals surface area (Å²) in [6.45, 7) is 5.39. The van der Waals surface area contributed by atoms with E-state index < -0.39 is 23.1 Å². The lowest BCUT2D eigenvalue weighted by Crippen LogP contribution is -2.53. The minimum absolute atomic E-state index is 0.249. The standard InChI is InChI=1S/C22H23N3O4/c1-21(2,3)29-20(27)24-22(14-23)17-7-5-6-8-18(17)25(19(22)26)13-15-9-11-16(28-4)12-10-15/h5-12H,13H2,1-4H3,(H,24,27)/t22-/m0/s1. The second kappa shape index (κ2) is 7.47. The Morgan fingerprint density at radius 3 is 2.41 bits per heavy atom. The zero-order valence-electron chi connectivity index (χ0n) is 16.9. The molecule has 2 aromatic carbocycles. The summed E-state index contributed by atoms with van der Waals surface area (Å²) in [5, 5.41) is 12.5. The van der Waals surface area contributed by atoms with Crippen molar-refractivity contribution >= 4 is 17.7 Å². The largest absolute Gasteiger partial charge is 0.497 e. The second-order valence-corrected chi connectivity index (χ2v) is 7.75. The Bertz CT molecular complexity index is 973. The van der Waals surface area contributed by atoms with Gasteiger partial charge >= 0.3 is 6.09 Å². The van der Waals surface area contributed by atoms with Gasteiger partial charge in [-0.2, -0.15) is 5.26 Å². The molecule has 7 heteroatoms. The van der Waals surface area contributed by atoms with Crippen molar-refractivity contribution in [1.82, 2.24) is 5.32 Å². The molecule has 3 rings (SSSR count). The molecule has 0 saturated carbocycles. The molecule has 0 saturated heterocycles. The van der Waals surface area contributed by atoms with Crippen molar-refractivity contribution in [3.8, 4) is 11.8 Å². The molecule has 150 valence electrons. The van der Waals surface area contributed by atoms with E-state index in [4.69, 9.17) is 9.47 Å². The van der Waals surface area contributed by atoms with Crippen LogP contribution in [-0.2, 0) is 21.6 Å². The van der Waals surface area contributed by atoms with E-state index >= 15 is 0 Å². The number of amides is 2. The van der Waals surface area contributed by atoms with E-state index in [1.165, 1.54) is 4.90 Å². The number of rotatable bonds is 4. The van der Waals surface area contributed by atoms with Crippen molar-refractivity contribution in [2.75, 3.05) is 12.0 Å². The number of nitriles is 1. The van der Waals surface area contributed by atoms with Crippen LogP contribution in [0.1, 0.15) is 31.9 Å². The number of carbonyl (C=O) groups excluding carboxylic acids is 2. The molecule has 0 spiro atoms. The van der Waals surface area contributed by atoms with Crippen LogP contribution in [-0.4, -0.2) is 24.7 Å². The maximum absolute atomic E-state index is 13.4. The Morgan fingerprint density at radius 1 is 1.17 bits per heavy atom. The number of hydrogen-bond acceptors (Lipinski definition) is 5. The van der Waals surface area contributed by atoms with E-state index in [1.54, 1.807) is 64.3 Å². The number of benzene rings is 2. The summed E-state index contributed by atoms with van der Waals surface area (Å²) >= 11 is 0. The van der Waals surface area contributed by atoms with Gasteiger partial charge in [-0.15, -0.1) is 0 Å². The summed E-state index contributed by atoms with van der Waals surface area (Å²) in [5.41, 5.74) is -0.742. The average molecular weight is 393 g/mol. The van der Waals surface area contributed by atoms with Gasteiger partial charge in [0.05, 0.1) is 19.3 Å². The van der Waals surface area contributed by atoms with E-state index in [2.05, 4.69) is 5.32 Å². The third kappa shape index (κ3) is 3.87. The van der Waals surface area contributed by atoms with Gasteiger partial charge in [0, 0.05) is 5.56 Å². The first-order chi connectivity index (χ1) is 13.7. The number of anilines is 1. The van der Waals surface area contributed by atoms with Crippen molar-refractivity contribution in [3.05, 3.63) is 59.7 Å². The van der Waals surface area contributed by atoms with Gasteiger partial charge in [0.2, 0.25) is 5.54 Å². The molecule has 7 nitrogen and oxygen atoms in total. The summed E-state index contributed by atoms with van der Waals surface area (Å²) in [7, 11) is 1.58. The first-order valence-electron chi connectivity index (χ1n) is 9.17. The molecule has 0 aliphatic carbocycles. The molecule has 0 fully saturated rings. The number of methoxy groups -OCH3 is 1. The van der Waals surface area contributed by atoms with Crippen LogP contribution in [0.4, 0.5) is 10.5 Å². The van der Waals surface area contributed by atoms with Gasteiger partial charge in [0.1, 0.15) is 17.4 Å². The summed E-state index contributed by atoms with van der Waals surface area (Å²) < 4.78 is 10.4. The van der Waals surface area contributed by atoms with Crippen LogP contribution in [0.5, 0.6) is 5.75 Å². The van der Waals surface area contributed by atoms with Crippen LogP contribution in [0.3, 0.4) is 0 Å². The van der Waals surface area contributed by atoms with Crippen LogP contribution < -0.4 is 15.0 Å². The van der Waals surface area contributed by atoms with Gasteiger partial charge in [0.25, 0.3) is 5.91 Å². The number of carbonyl (C=O) groups is 2. The molecule has 1 heterocycles. The number of hydrogen-bond donors (Lipinski definition) is 1. The van der Waals surface area contributed by atoms with E-state index in [0.717, 1.165) is 5.56 Å². The summed E-state index contributed by atoms with van der Waals surface area (Å²) in [4.78, 5) is 27.3. The first-order valence-corrected chi connectivity index (χ1v) is 9.17. The number of fused-ring (bicyclic) bond motifs is 1. The average Bonchev–Trinajstić information content (AvgIpc) is 2.90. The highest BCUT2D eigenvalue weighted by atomic mass is 16.6. The zero-order chi connectivity index (χ0) is 21.2. The molecule has 1 atom stereocenters. The topological polar surface area (TPSA) is 91.7 Å². The number of nitrogens with one attached hydrogen (secondary N) is 1. The third-order valence-corrected chi connectivity index (χ3v) is 4.52. The van der Waals surface area contributed by atoms with Crippen LogP contribution in [0.15, 0.2) is 48.5 Å². The summed E-state index contributed by atoms with van der Waals surface area (Å²) in [6.07, 6.45) is -0.825. The van der Waals surface area contributed by atoms with Crippen molar-refractivity contribution in [3.63, 3.8) is 0 Å². The lowest BCUT2D eigenvalue weighted by Gasteiger charge is -2.26. The highest BCUT2D eigenvalue weighted by Crippen LogP contribution is 2.41. The van der Waals surface area contributed by atoms with Crippen molar-refractivity contribution < 1.29 is 19.1 Å². The molecule has 0 radical (unpaired) electrons. The Labute approximate surface area is 169 Å². The SMILES string of the molecule is COc1ccc(CN2C(=O)[C@@](C#N)(NC(=O)OC(C)(C)C)c3ccccc32)cc1. The lowest BCUT2D eigenvalue weighted by atomic mass is 9.93. The van der Waals surface area contributed by atoms with Crippen molar-refractivity contribution in [1.29, 1.82) is 5.26 Å². The van der Waals surface area contributed by atoms with Gasteiger partial charge in [-0.3, -0.25) is 10.1 Å². The fourth-order valence-electron chi connectivity index (χ4n) is 3.24. The molecule has 0 unspecified atom stereocenters. The molecule has 0 bridgehead atoms. The molecular formula is C22H23N3O4.